The minimum Gasteiger partial charge on any atom is -0.306 e. The van der Waals surface area contributed by atoms with Crippen LogP contribution >= 0.6 is 0 Å². The van der Waals surface area contributed by atoms with E-state index in [1.54, 1.807) is 16.8 Å². The maximum atomic E-state index is 11.9. The van der Waals surface area contributed by atoms with Crippen molar-refractivity contribution in [1.29, 1.82) is 0 Å². The fourth-order valence-corrected chi connectivity index (χ4v) is 2.02. The molecule has 1 amide bonds. The topological polar surface area (TPSA) is 46.9 Å². The highest BCUT2D eigenvalue weighted by molar-refractivity contribution is 6.01. The number of carbonyl (C=O) groups is 1. The van der Waals surface area contributed by atoms with Crippen molar-refractivity contribution in [2.75, 3.05) is 5.32 Å². The molecule has 3 aromatic rings. The van der Waals surface area contributed by atoms with Crippen LogP contribution in [0.1, 0.15) is 5.56 Å². The molecule has 22 heavy (non-hydrogen) atoms. The summed E-state index contributed by atoms with van der Waals surface area (Å²) < 4.78 is 1.72. The molecule has 2 aromatic carbocycles. The lowest BCUT2D eigenvalue weighted by atomic mass is 10.2. The summed E-state index contributed by atoms with van der Waals surface area (Å²) in [7, 11) is 0. The number of aromatic nitrogens is 2. The van der Waals surface area contributed by atoms with E-state index >= 15 is 0 Å². The quantitative estimate of drug-likeness (QED) is 0.747. The van der Waals surface area contributed by atoms with Gasteiger partial charge in [-0.3, -0.25) is 4.79 Å². The van der Waals surface area contributed by atoms with E-state index in [-0.39, 0.29) is 5.91 Å². The van der Waals surface area contributed by atoms with Gasteiger partial charge < -0.3 is 5.32 Å². The lowest BCUT2D eigenvalue weighted by Gasteiger charge is -2.00. The van der Waals surface area contributed by atoms with Gasteiger partial charge in [-0.2, -0.15) is 5.10 Å². The van der Waals surface area contributed by atoms with Gasteiger partial charge in [0.05, 0.1) is 5.69 Å². The summed E-state index contributed by atoms with van der Waals surface area (Å²) in [5.74, 6) is 0.314. The van der Waals surface area contributed by atoms with Crippen molar-refractivity contribution in [2.45, 2.75) is 0 Å². The number of rotatable bonds is 4. The molecule has 108 valence electrons. The number of para-hydroxylation sites is 1. The first-order chi connectivity index (χ1) is 10.8. The highest BCUT2D eigenvalue weighted by atomic mass is 16.1. The summed E-state index contributed by atoms with van der Waals surface area (Å²) in [6.07, 6.45) is 5.08. The summed E-state index contributed by atoms with van der Waals surface area (Å²) >= 11 is 0. The van der Waals surface area contributed by atoms with Crippen LogP contribution in [-0.4, -0.2) is 15.7 Å². The van der Waals surface area contributed by atoms with Crippen molar-refractivity contribution in [3.63, 3.8) is 0 Å². The summed E-state index contributed by atoms with van der Waals surface area (Å²) in [6.45, 7) is 0. The lowest BCUT2D eigenvalue weighted by molar-refractivity contribution is -0.111. The summed E-state index contributed by atoms with van der Waals surface area (Å²) in [5, 5.41) is 7.07. The lowest BCUT2D eigenvalue weighted by Crippen LogP contribution is -2.08. The first-order valence-electron chi connectivity index (χ1n) is 6.96. The molecule has 0 spiro atoms. The Balaban J connectivity index is 1.65. The predicted octanol–water partition coefficient (Wildman–Crippen LogP) is 3.52. The SMILES string of the molecule is O=C(/C=C/c1ccccc1)Nc1ccn(-c2ccccc2)n1. The molecule has 0 aliphatic carbocycles. The molecular formula is C18H15N3O. The van der Waals surface area contributed by atoms with Crippen LogP contribution in [0, 0.1) is 0 Å². The molecule has 3 rings (SSSR count). The molecule has 0 unspecified atom stereocenters. The first kappa shape index (κ1) is 13.8. The normalized spacial score (nSPS) is 10.7. The Labute approximate surface area is 128 Å². The van der Waals surface area contributed by atoms with Crippen molar-refractivity contribution in [1.82, 2.24) is 9.78 Å². The molecule has 1 aromatic heterocycles. The van der Waals surface area contributed by atoms with Gasteiger partial charge in [-0.15, -0.1) is 0 Å². The molecule has 0 saturated carbocycles. The second-order valence-electron chi connectivity index (χ2n) is 4.71. The zero-order valence-corrected chi connectivity index (χ0v) is 11.9. The fourth-order valence-electron chi connectivity index (χ4n) is 2.02. The molecule has 0 atom stereocenters. The van der Waals surface area contributed by atoms with Crippen molar-refractivity contribution in [3.8, 4) is 5.69 Å². The largest absolute Gasteiger partial charge is 0.306 e. The highest BCUT2D eigenvalue weighted by Gasteiger charge is 2.03. The molecule has 0 bridgehead atoms. The smallest absolute Gasteiger partial charge is 0.249 e. The van der Waals surface area contributed by atoms with Gasteiger partial charge in [0, 0.05) is 18.3 Å². The van der Waals surface area contributed by atoms with Gasteiger partial charge in [0.25, 0.3) is 0 Å². The van der Waals surface area contributed by atoms with Crippen LogP contribution in [0.3, 0.4) is 0 Å². The third-order valence-electron chi connectivity index (χ3n) is 3.09. The average molecular weight is 289 g/mol. The zero-order valence-electron chi connectivity index (χ0n) is 11.9. The first-order valence-corrected chi connectivity index (χ1v) is 6.96. The average Bonchev–Trinajstić information content (AvgIpc) is 3.03. The van der Waals surface area contributed by atoms with Crippen molar-refractivity contribution >= 4 is 17.8 Å². The molecule has 1 heterocycles. The van der Waals surface area contributed by atoms with Crippen LogP contribution < -0.4 is 5.32 Å². The van der Waals surface area contributed by atoms with E-state index in [1.807, 2.05) is 66.9 Å². The second-order valence-corrected chi connectivity index (χ2v) is 4.71. The van der Waals surface area contributed by atoms with Crippen LogP contribution in [0.15, 0.2) is 79.0 Å². The van der Waals surface area contributed by atoms with E-state index in [4.69, 9.17) is 0 Å². The maximum absolute atomic E-state index is 11.9. The Morgan fingerprint density at radius 2 is 1.64 bits per heavy atom. The van der Waals surface area contributed by atoms with Gasteiger partial charge in [0.1, 0.15) is 0 Å². The van der Waals surface area contributed by atoms with Gasteiger partial charge in [-0.05, 0) is 23.8 Å². The number of hydrogen-bond donors (Lipinski definition) is 1. The molecule has 0 aliphatic heterocycles. The van der Waals surface area contributed by atoms with Crippen LogP contribution in [0.25, 0.3) is 11.8 Å². The van der Waals surface area contributed by atoms with Gasteiger partial charge >= 0.3 is 0 Å². The Morgan fingerprint density at radius 1 is 0.955 bits per heavy atom. The Bertz CT molecular complexity index is 776. The second kappa shape index (κ2) is 6.54. The summed E-state index contributed by atoms with van der Waals surface area (Å²) in [4.78, 5) is 11.9. The Kier molecular flexibility index (Phi) is 4.11. The van der Waals surface area contributed by atoms with Gasteiger partial charge in [-0.1, -0.05) is 48.5 Å². The van der Waals surface area contributed by atoms with Crippen molar-refractivity contribution in [2.24, 2.45) is 0 Å². The van der Waals surface area contributed by atoms with Crippen molar-refractivity contribution < 1.29 is 4.79 Å². The van der Waals surface area contributed by atoms with E-state index in [0.717, 1.165) is 11.3 Å². The highest BCUT2D eigenvalue weighted by Crippen LogP contribution is 2.10. The third-order valence-corrected chi connectivity index (χ3v) is 3.09. The molecule has 0 radical (unpaired) electrons. The number of benzene rings is 2. The molecule has 4 nitrogen and oxygen atoms in total. The van der Waals surface area contributed by atoms with Crippen LogP contribution in [0.5, 0.6) is 0 Å². The number of hydrogen-bond acceptors (Lipinski definition) is 2. The van der Waals surface area contributed by atoms with Gasteiger partial charge in [0.15, 0.2) is 5.82 Å². The number of amides is 1. The van der Waals surface area contributed by atoms with Gasteiger partial charge in [-0.25, -0.2) is 4.68 Å². The molecule has 4 heteroatoms. The predicted molar refractivity (Wildman–Crippen MR) is 87.7 cm³/mol. The van der Waals surface area contributed by atoms with E-state index in [1.165, 1.54) is 6.08 Å². The summed E-state index contributed by atoms with van der Waals surface area (Å²) in [5.41, 5.74) is 1.93. The Hall–Kier alpha value is -3.14. The molecule has 0 saturated heterocycles. The molecule has 0 aliphatic rings. The molecular weight excluding hydrogens is 274 g/mol. The fraction of sp³-hybridized carbons (Fsp3) is 0. The van der Waals surface area contributed by atoms with Gasteiger partial charge in [0.2, 0.25) is 5.91 Å². The van der Waals surface area contributed by atoms with E-state index < -0.39 is 0 Å². The maximum Gasteiger partial charge on any atom is 0.249 e. The van der Waals surface area contributed by atoms with Crippen LogP contribution in [-0.2, 0) is 4.79 Å². The van der Waals surface area contributed by atoms with Crippen LogP contribution in [0.2, 0.25) is 0 Å². The minimum atomic E-state index is -0.206. The monoisotopic (exact) mass is 289 g/mol. The number of carbonyl (C=O) groups excluding carboxylic acids is 1. The third kappa shape index (κ3) is 3.49. The zero-order chi connectivity index (χ0) is 15.2. The van der Waals surface area contributed by atoms with E-state index in [0.29, 0.717) is 5.82 Å². The van der Waals surface area contributed by atoms with Crippen molar-refractivity contribution in [3.05, 3.63) is 84.6 Å². The number of nitrogens with zero attached hydrogens (tertiary/aromatic N) is 2. The molecule has 1 N–H and O–H groups in total. The van der Waals surface area contributed by atoms with Crippen LogP contribution in [0.4, 0.5) is 5.82 Å². The number of nitrogens with one attached hydrogen (secondary N) is 1. The Morgan fingerprint density at radius 3 is 2.36 bits per heavy atom. The van der Waals surface area contributed by atoms with E-state index in [2.05, 4.69) is 10.4 Å². The standard InChI is InChI=1S/C18H15N3O/c22-18(12-11-15-7-3-1-4-8-15)19-17-13-14-21(20-17)16-9-5-2-6-10-16/h1-14H,(H,19,20,22)/b12-11+. The molecule has 0 fully saturated rings. The summed E-state index contributed by atoms with van der Waals surface area (Å²) in [6, 6.07) is 21.2. The minimum absolute atomic E-state index is 0.206. The number of anilines is 1. The van der Waals surface area contributed by atoms with E-state index in [9.17, 15) is 4.79 Å².